The molecule has 0 radical (unpaired) electrons. The van der Waals surface area contributed by atoms with Gasteiger partial charge in [-0.15, -0.1) is 0 Å². The molecule has 1 fully saturated rings. The van der Waals surface area contributed by atoms with Crippen LogP contribution in [0, 0.1) is 23.4 Å². The summed E-state index contributed by atoms with van der Waals surface area (Å²) < 4.78 is 50.0. The molecule has 0 bridgehead atoms. The summed E-state index contributed by atoms with van der Waals surface area (Å²) in [5.74, 6) is -1.66. The minimum Gasteiger partial charge on any atom is -0.373 e. The highest BCUT2D eigenvalue weighted by molar-refractivity contribution is 5.65. The second-order valence-corrected chi connectivity index (χ2v) is 8.50. The van der Waals surface area contributed by atoms with E-state index in [1.165, 1.54) is 25.3 Å². The van der Waals surface area contributed by atoms with E-state index in [0.717, 1.165) is 25.7 Å². The molecule has 2 aromatic rings. The van der Waals surface area contributed by atoms with E-state index in [1.807, 2.05) is 0 Å². The number of benzene rings is 2. The summed E-state index contributed by atoms with van der Waals surface area (Å²) in [7, 11) is 0. The first-order valence-electron chi connectivity index (χ1n) is 11.4. The van der Waals surface area contributed by atoms with Crippen LogP contribution < -0.4 is 0 Å². The largest absolute Gasteiger partial charge is 0.373 e. The second kappa shape index (κ2) is 11.0. The standard InChI is InChI=1S/C26H33F3O/c1-3-5-7-8-18-10-15-24(30-17-18)22-14-13-21(25(28)26(22)29)20-12-11-19(9-6-4-2)23(27)16-20/h11-14,16,18,24H,3-10,15,17H2,1-2H3. The molecule has 3 rings (SSSR count). The maximum atomic E-state index is 14.9. The Hall–Kier alpha value is -1.81. The van der Waals surface area contributed by atoms with Crippen molar-refractivity contribution in [3.8, 4) is 11.1 Å². The van der Waals surface area contributed by atoms with E-state index in [2.05, 4.69) is 13.8 Å². The van der Waals surface area contributed by atoms with E-state index in [4.69, 9.17) is 4.74 Å². The smallest absolute Gasteiger partial charge is 0.167 e. The Bertz CT molecular complexity index is 825. The van der Waals surface area contributed by atoms with Crippen LogP contribution in [-0.4, -0.2) is 6.61 Å². The monoisotopic (exact) mass is 418 g/mol. The van der Waals surface area contributed by atoms with Crippen molar-refractivity contribution in [1.82, 2.24) is 0 Å². The average Bonchev–Trinajstić information content (AvgIpc) is 2.75. The quantitative estimate of drug-likeness (QED) is 0.373. The summed E-state index contributed by atoms with van der Waals surface area (Å²) in [5.41, 5.74) is 1.33. The van der Waals surface area contributed by atoms with Gasteiger partial charge in [0.15, 0.2) is 11.6 Å². The van der Waals surface area contributed by atoms with Crippen LogP contribution in [0.1, 0.15) is 82.4 Å². The molecule has 2 aromatic carbocycles. The van der Waals surface area contributed by atoms with Crippen molar-refractivity contribution >= 4 is 0 Å². The van der Waals surface area contributed by atoms with Crippen LogP contribution in [-0.2, 0) is 11.2 Å². The Balaban J connectivity index is 1.71. The summed E-state index contributed by atoms with van der Waals surface area (Å²) in [6.07, 6.45) is 8.53. The number of rotatable bonds is 9. The lowest BCUT2D eigenvalue weighted by Gasteiger charge is -2.29. The molecule has 2 atom stereocenters. The molecule has 0 amide bonds. The van der Waals surface area contributed by atoms with E-state index >= 15 is 0 Å². The number of aryl methyl sites for hydroxylation is 1. The maximum absolute atomic E-state index is 14.9. The third-order valence-electron chi connectivity index (χ3n) is 6.21. The van der Waals surface area contributed by atoms with Gasteiger partial charge in [0.1, 0.15) is 5.82 Å². The Morgan fingerprint density at radius 1 is 0.900 bits per heavy atom. The summed E-state index contributed by atoms with van der Waals surface area (Å²) in [5, 5.41) is 0. The van der Waals surface area contributed by atoms with Crippen molar-refractivity contribution in [3.05, 3.63) is 58.9 Å². The van der Waals surface area contributed by atoms with Crippen LogP contribution >= 0.6 is 0 Å². The van der Waals surface area contributed by atoms with E-state index in [9.17, 15) is 13.2 Å². The van der Waals surface area contributed by atoms with Gasteiger partial charge >= 0.3 is 0 Å². The Morgan fingerprint density at radius 2 is 1.70 bits per heavy atom. The number of hydrogen-bond donors (Lipinski definition) is 0. The van der Waals surface area contributed by atoms with Crippen molar-refractivity contribution in [2.24, 2.45) is 5.92 Å². The van der Waals surface area contributed by atoms with Crippen molar-refractivity contribution in [2.45, 2.75) is 77.7 Å². The van der Waals surface area contributed by atoms with Crippen molar-refractivity contribution < 1.29 is 17.9 Å². The Kier molecular flexibility index (Phi) is 8.38. The van der Waals surface area contributed by atoms with Gasteiger partial charge in [-0.1, -0.05) is 63.8 Å². The second-order valence-electron chi connectivity index (χ2n) is 8.50. The third kappa shape index (κ3) is 5.46. The van der Waals surface area contributed by atoms with Crippen LogP contribution in [0.3, 0.4) is 0 Å². The van der Waals surface area contributed by atoms with Crippen molar-refractivity contribution in [3.63, 3.8) is 0 Å². The predicted molar refractivity (Wildman–Crippen MR) is 116 cm³/mol. The molecule has 1 aliphatic heterocycles. The topological polar surface area (TPSA) is 9.23 Å². The summed E-state index contributed by atoms with van der Waals surface area (Å²) in [6.45, 7) is 4.83. The molecule has 1 aliphatic rings. The van der Waals surface area contributed by atoms with Crippen molar-refractivity contribution in [2.75, 3.05) is 6.61 Å². The third-order valence-corrected chi connectivity index (χ3v) is 6.21. The van der Waals surface area contributed by atoms with E-state index in [0.29, 0.717) is 36.5 Å². The lowest BCUT2D eigenvalue weighted by atomic mass is 9.90. The van der Waals surface area contributed by atoms with Gasteiger partial charge in [-0.05, 0) is 55.2 Å². The molecule has 0 spiro atoms. The molecule has 0 aromatic heterocycles. The maximum Gasteiger partial charge on any atom is 0.167 e. The summed E-state index contributed by atoms with van der Waals surface area (Å²) >= 11 is 0. The van der Waals surface area contributed by atoms with Gasteiger partial charge in [-0.25, -0.2) is 13.2 Å². The van der Waals surface area contributed by atoms with Crippen molar-refractivity contribution in [1.29, 1.82) is 0 Å². The fourth-order valence-electron chi connectivity index (χ4n) is 4.28. The molecule has 1 heterocycles. The van der Waals surface area contributed by atoms with Gasteiger partial charge in [-0.2, -0.15) is 0 Å². The number of hydrogen-bond acceptors (Lipinski definition) is 1. The molecule has 2 unspecified atom stereocenters. The number of ether oxygens (including phenoxy) is 1. The summed E-state index contributed by atoms with van der Waals surface area (Å²) in [4.78, 5) is 0. The fraction of sp³-hybridized carbons (Fsp3) is 0.538. The molecule has 0 aliphatic carbocycles. The van der Waals surface area contributed by atoms with E-state index in [1.54, 1.807) is 24.3 Å². The lowest BCUT2D eigenvalue weighted by Crippen LogP contribution is -2.21. The number of unbranched alkanes of at least 4 members (excludes halogenated alkanes) is 3. The summed E-state index contributed by atoms with van der Waals surface area (Å²) in [6, 6.07) is 7.79. The molecule has 1 nitrogen and oxygen atoms in total. The average molecular weight is 419 g/mol. The lowest BCUT2D eigenvalue weighted by molar-refractivity contribution is -0.0218. The highest BCUT2D eigenvalue weighted by Gasteiger charge is 2.27. The molecule has 0 N–H and O–H groups in total. The zero-order valence-electron chi connectivity index (χ0n) is 18.2. The molecular weight excluding hydrogens is 385 g/mol. The van der Waals surface area contributed by atoms with Crippen LogP contribution in [0.4, 0.5) is 13.2 Å². The zero-order valence-corrected chi connectivity index (χ0v) is 18.2. The first kappa shape index (κ1) is 22.9. The minimum absolute atomic E-state index is 0.0884. The van der Waals surface area contributed by atoms with Crippen LogP contribution in [0.15, 0.2) is 30.3 Å². The first-order chi connectivity index (χ1) is 14.5. The van der Waals surface area contributed by atoms with E-state index < -0.39 is 17.7 Å². The van der Waals surface area contributed by atoms with Gasteiger partial charge in [0.25, 0.3) is 0 Å². The minimum atomic E-state index is -0.929. The van der Waals surface area contributed by atoms with Gasteiger partial charge in [0.2, 0.25) is 0 Å². The normalized spacial score (nSPS) is 19.2. The fourth-order valence-corrected chi connectivity index (χ4v) is 4.28. The van der Waals surface area contributed by atoms with Gasteiger partial charge in [0, 0.05) is 11.1 Å². The molecule has 1 saturated heterocycles. The highest BCUT2D eigenvalue weighted by atomic mass is 19.2. The Labute approximate surface area is 178 Å². The molecule has 30 heavy (non-hydrogen) atoms. The van der Waals surface area contributed by atoms with Crippen LogP contribution in [0.5, 0.6) is 0 Å². The first-order valence-corrected chi connectivity index (χ1v) is 11.4. The zero-order chi connectivity index (χ0) is 21.5. The highest BCUT2D eigenvalue weighted by Crippen LogP contribution is 2.36. The molecule has 0 saturated carbocycles. The molecule has 4 heteroatoms. The molecule has 164 valence electrons. The SMILES string of the molecule is CCCCCC1CCC(c2ccc(-c3ccc(CCCC)c(F)c3)c(F)c2F)OC1. The molecular formula is C26H33F3O. The predicted octanol–water partition coefficient (Wildman–Crippen LogP) is 8.16. The van der Waals surface area contributed by atoms with Crippen LogP contribution in [0.2, 0.25) is 0 Å². The van der Waals surface area contributed by atoms with E-state index in [-0.39, 0.29) is 16.9 Å². The van der Waals surface area contributed by atoms with Crippen LogP contribution in [0.25, 0.3) is 11.1 Å². The van der Waals surface area contributed by atoms with Gasteiger partial charge in [-0.3, -0.25) is 0 Å². The number of halogens is 3. The van der Waals surface area contributed by atoms with Gasteiger partial charge < -0.3 is 4.74 Å². The Morgan fingerprint density at radius 3 is 2.37 bits per heavy atom. The van der Waals surface area contributed by atoms with Gasteiger partial charge in [0.05, 0.1) is 12.7 Å².